The molecule has 2 rings (SSSR count). The van der Waals surface area contributed by atoms with Gasteiger partial charge in [0, 0.05) is 13.8 Å². The first-order chi connectivity index (χ1) is 12.1. The zero-order valence-corrected chi connectivity index (χ0v) is 19.5. The predicted molar refractivity (Wildman–Crippen MR) is 142 cm³/mol. The van der Waals surface area contributed by atoms with Gasteiger partial charge in [0.1, 0.15) is 0 Å². The van der Waals surface area contributed by atoms with Crippen molar-refractivity contribution in [1.82, 2.24) is 0 Å². The second kappa shape index (κ2) is 92.9. The van der Waals surface area contributed by atoms with Crippen molar-refractivity contribution in [2.24, 2.45) is 5.73 Å². The molecule has 4 nitrogen and oxygen atoms in total. The minimum absolute atomic E-state index is 0. The van der Waals surface area contributed by atoms with E-state index in [0.29, 0.717) is 0 Å². The van der Waals surface area contributed by atoms with Crippen LogP contribution in [0.25, 0.3) is 0 Å². The lowest BCUT2D eigenvalue weighted by Crippen LogP contribution is -2.03. The van der Waals surface area contributed by atoms with E-state index >= 15 is 0 Å². The lowest BCUT2D eigenvalue weighted by atomic mass is 10.0. The van der Waals surface area contributed by atoms with E-state index in [-0.39, 0.29) is 29.7 Å². The van der Waals surface area contributed by atoms with E-state index < -0.39 is 11.9 Å². The summed E-state index contributed by atoms with van der Waals surface area (Å²) in [6.45, 7) is 18.4. The van der Waals surface area contributed by atoms with E-state index in [1.54, 1.807) is 0 Å². The van der Waals surface area contributed by atoms with Crippen LogP contribution < -0.4 is 5.73 Å². The zero-order valence-electron chi connectivity index (χ0n) is 19.5. The molecule has 2 saturated carbocycles. The Morgan fingerprint density at radius 3 is 0.586 bits per heavy atom. The van der Waals surface area contributed by atoms with E-state index in [9.17, 15) is 9.59 Å². The molecule has 2 N–H and O–H groups in total. The number of carbonyl (C=O) groups is 2. The molecule has 0 aromatic carbocycles. The topological polar surface area (TPSA) is 69.4 Å². The number of rotatable bonds is 0. The minimum atomic E-state index is -0.562. The molecule has 29 heavy (non-hydrogen) atoms. The van der Waals surface area contributed by atoms with Gasteiger partial charge in [-0.05, 0) is 7.05 Å². The van der Waals surface area contributed by atoms with E-state index in [1.165, 1.54) is 72.3 Å². The molecule has 0 amide bonds. The molecular formula is C25H67NO3. The maximum absolute atomic E-state index is 9.81. The first-order valence-corrected chi connectivity index (χ1v) is 10.4. The van der Waals surface area contributed by atoms with Gasteiger partial charge in [0.15, 0.2) is 0 Å². The van der Waals surface area contributed by atoms with Crippen molar-refractivity contribution in [2.75, 3.05) is 7.05 Å². The Morgan fingerprint density at radius 2 is 0.586 bits per heavy atom. The highest BCUT2D eigenvalue weighted by molar-refractivity contribution is 5.82. The maximum atomic E-state index is 9.81. The van der Waals surface area contributed by atoms with Crippen molar-refractivity contribution in [2.45, 2.75) is 150 Å². The smallest absolute Gasteiger partial charge is 0.310 e. The molecule has 2 fully saturated rings. The maximum Gasteiger partial charge on any atom is 0.310 e. The van der Waals surface area contributed by atoms with Gasteiger partial charge in [-0.15, -0.1) is 0 Å². The van der Waals surface area contributed by atoms with Gasteiger partial charge >= 0.3 is 11.9 Å². The summed E-state index contributed by atoms with van der Waals surface area (Å²) in [6.07, 6.45) is 12.0. The standard InChI is InChI=1S/C4H6O3.2C4H8.4C2H6.CH5N.4CH4/c1-3(5)7-4(2)6;2*1-2-4-3-1;5*1-2;;;;/h1-2H3;2*1-4H2;4*1-2H3;2H2,1H3;4*1H4. The fourth-order valence-corrected chi connectivity index (χ4v) is 0.702. The van der Waals surface area contributed by atoms with Crippen LogP contribution in [0, 0.1) is 0 Å². The summed E-state index contributed by atoms with van der Waals surface area (Å²) < 4.78 is 3.97. The van der Waals surface area contributed by atoms with Crippen molar-refractivity contribution in [3.05, 3.63) is 0 Å². The van der Waals surface area contributed by atoms with Crippen LogP contribution in [0.5, 0.6) is 0 Å². The van der Waals surface area contributed by atoms with Gasteiger partial charge in [-0.25, -0.2) is 0 Å². The van der Waals surface area contributed by atoms with Gasteiger partial charge in [0.25, 0.3) is 0 Å². The lowest BCUT2D eigenvalue weighted by molar-refractivity contribution is -0.156. The van der Waals surface area contributed by atoms with Crippen LogP contribution in [0.1, 0.15) is 150 Å². The zero-order chi connectivity index (χ0) is 21.5. The van der Waals surface area contributed by atoms with Gasteiger partial charge in [0.05, 0.1) is 0 Å². The molecule has 0 spiro atoms. The predicted octanol–water partition coefficient (Wildman–Crippen LogP) is 9.44. The monoisotopic (exact) mass is 430 g/mol. The highest BCUT2D eigenvalue weighted by Gasteiger charge is 1.95. The molecule has 0 aliphatic heterocycles. The van der Waals surface area contributed by atoms with Crippen LogP contribution in [-0.4, -0.2) is 19.0 Å². The average molecular weight is 430 g/mol. The molecular weight excluding hydrogens is 362 g/mol. The molecule has 0 saturated heterocycles. The van der Waals surface area contributed by atoms with E-state index in [4.69, 9.17) is 0 Å². The van der Waals surface area contributed by atoms with E-state index in [0.717, 1.165) is 0 Å². The quantitative estimate of drug-likeness (QED) is 0.307. The Kier molecular flexibility index (Phi) is 202. The van der Waals surface area contributed by atoms with Crippen molar-refractivity contribution in [3.63, 3.8) is 0 Å². The van der Waals surface area contributed by atoms with Crippen molar-refractivity contribution in [1.29, 1.82) is 0 Å². The summed E-state index contributed by atoms with van der Waals surface area (Å²) in [7, 11) is 1.50. The molecule has 0 unspecified atom stereocenters. The number of hydrogen-bond acceptors (Lipinski definition) is 4. The fourth-order valence-electron chi connectivity index (χ4n) is 0.702. The number of ether oxygens (including phenoxy) is 1. The first-order valence-electron chi connectivity index (χ1n) is 10.4. The molecule has 190 valence electrons. The molecule has 0 radical (unpaired) electrons. The van der Waals surface area contributed by atoms with Gasteiger partial charge < -0.3 is 10.5 Å². The highest BCUT2D eigenvalue weighted by atomic mass is 16.6. The van der Waals surface area contributed by atoms with Crippen LogP contribution in [0.2, 0.25) is 0 Å². The molecule has 0 atom stereocenters. The third kappa shape index (κ3) is 139. The SMILES string of the molecule is C.C.C.C.C1CCC1.C1CCC1.CC.CC.CC.CC.CC(=O)OC(C)=O.CN. The number of esters is 2. The molecule has 4 heteroatoms. The van der Waals surface area contributed by atoms with Crippen molar-refractivity contribution in [3.8, 4) is 0 Å². The molecule has 0 aromatic heterocycles. The Morgan fingerprint density at radius 1 is 0.483 bits per heavy atom. The summed E-state index contributed by atoms with van der Waals surface area (Å²) in [4.78, 5) is 19.6. The van der Waals surface area contributed by atoms with Crippen LogP contribution in [-0.2, 0) is 14.3 Å². The van der Waals surface area contributed by atoms with Gasteiger partial charge in [-0.2, -0.15) is 0 Å². The molecule has 0 heterocycles. The minimum Gasteiger partial charge on any atom is -0.394 e. The summed E-state index contributed by atoms with van der Waals surface area (Å²) >= 11 is 0. The average Bonchev–Trinajstić information content (AvgIpc) is 2.52. The molecule has 2 aliphatic rings. The molecule has 0 bridgehead atoms. The summed E-state index contributed by atoms with van der Waals surface area (Å²) in [5, 5.41) is 0. The van der Waals surface area contributed by atoms with Gasteiger partial charge in [-0.3, -0.25) is 9.59 Å². The third-order valence-corrected chi connectivity index (χ3v) is 2.29. The first kappa shape index (κ1) is 63.0. The number of nitrogens with two attached hydrogens (primary N) is 1. The Bertz CT molecular complexity index is 161. The van der Waals surface area contributed by atoms with Gasteiger partial charge in [-0.1, -0.05) is 136 Å². The summed E-state index contributed by atoms with van der Waals surface area (Å²) in [6, 6.07) is 0. The number of hydrogen-bond donors (Lipinski definition) is 1. The highest BCUT2D eigenvalue weighted by Crippen LogP contribution is 2.15. The molecule has 2 aliphatic carbocycles. The van der Waals surface area contributed by atoms with Crippen molar-refractivity contribution >= 4 is 11.9 Å². The second-order valence-electron chi connectivity index (χ2n) is 3.91. The summed E-state index contributed by atoms with van der Waals surface area (Å²) in [5.74, 6) is -1.12. The second-order valence-corrected chi connectivity index (χ2v) is 3.91. The molecule has 0 aromatic rings. The Balaban J connectivity index is -0.0000000185. The fraction of sp³-hybridized carbons (Fsp3) is 0.920. The van der Waals surface area contributed by atoms with Crippen LogP contribution in [0.4, 0.5) is 0 Å². The normalized spacial score (nSPS) is 9.52. The largest absolute Gasteiger partial charge is 0.394 e. The van der Waals surface area contributed by atoms with Crippen LogP contribution in [0.15, 0.2) is 0 Å². The Hall–Kier alpha value is -0.900. The lowest BCUT2D eigenvalue weighted by Gasteiger charge is -2.05. The van der Waals surface area contributed by atoms with E-state index in [1.807, 2.05) is 55.4 Å². The third-order valence-electron chi connectivity index (χ3n) is 2.29. The van der Waals surface area contributed by atoms with Gasteiger partial charge in [0.2, 0.25) is 0 Å². The van der Waals surface area contributed by atoms with Crippen LogP contribution >= 0.6 is 0 Å². The number of carbonyl (C=O) groups excluding carboxylic acids is 2. The van der Waals surface area contributed by atoms with E-state index in [2.05, 4.69) is 10.5 Å². The van der Waals surface area contributed by atoms with Crippen LogP contribution in [0.3, 0.4) is 0 Å². The Labute approximate surface area is 189 Å². The van der Waals surface area contributed by atoms with Crippen molar-refractivity contribution < 1.29 is 14.3 Å². The summed E-state index contributed by atoms with van der Waals surface area (Å²) in [5.41, 5.74) is 4.50.